The number of methoxy groups -OCH3 is 1. The van der Waals surface area contributed by atoms with E-state index in [0.717, 1.165) is 17.9 Å². The molecule has 1 atom stereocenters. The van der Waals surface area contributed by atoms with Crippen molar-refractivity contribution in [2.75, 3.05) is 20.4 Å². The Hall–Kier alpha value is -1.68. The molecule has 19 heavy (non-hydrogen) atoms. The van der Waals surface area contributed by atoms with Crippen molar-refractivity contribution in [1.29, 1.82) is 0 Å². The van der Waals surface area contributed by atoms with Crippen LogP contribution in [0.1, 0.15) is 26.3 Å². The smallest absolute Gasteiger partial charge is 0.231 e. The Morgan fingerprint density at radius 2 is 2.26 bits per heavy atom. The number of benzene rings is 1. The highest BCUT2D eigenvalue weighted by molar-refractivity contribution is 5.64. The second-order valence-electron chi connectivity index (χ2n) is 4.62. The molecule has 1 heterocycles. The molecular weight excluding hydrogens is 242 g/mol. The Morgan fingerprint density at radius 1 is 1.47 bits per heavy atom. The van der Waals surface area contributed by atoms with Gasteiger partial charge in [0.1, 0.15) is 0 Å². The topological polar surface area (TPSA) is 39.7 Å². The third-order valence-electron chi connectivity index (χ3n) is 3.27. The maximum atomic E-state index is 5.42. The van der Waals surface area contributed by atoms with Gasteiger partial charge in [-0.3, -0.25) is 0 Å². The molecule has 1 aliphatic heterocycles. The predicted octanol–water partition coefficient (Wildman–Crippen LogP) is 2.83. The van der Waals surface area contributed by atoms with Crippen molar-refractivity contribution in [3.05, 3.63) is 23.3 Å². The average Bonchev–Trinajstić information content (AvgIpc) is 2.86. The summed E-state index contributed by atoms with van der Waals surface area (Å²) in [6.45, 7) is 7.58. The molecule has 104 valence electrons. The highest BCUT2D eigenvalue weighted by Gasteiger charge is 2.19. The lowest BCUT2D eigenvalue weighted by molar-refractivity contribution is 0.171. The Balaban J connectivity index is 2.28. The fourth-order valence-electron chi connectivity index (χ4n) is 2.09. The first-order valence-corrected chi connectivity index (χ1v) is 6.55. The third-order valence-corrected chi connectivity index (χ3v) is 3.27. The van der Waals surface area contributed by atoms with Gasteiger partial charge in [-0.05, 0) is 38.1 Å². The Bertz CT molecular complexity index is 483. The van der Waals surface area contributed by atoms with E-state index in [4.69, 9.17) is 14.2 Å². The van der Waals surface area contributed by atoms with Gasteiger partial charge >= 0.3 is 0 Å². The van der Waals surface area contributed by atoms with Crippen molar-refractivity contribution >= 4 is 6.08 Å². The second kappa shape index (κ2) is 5.97. The molecule has 0 saturated carbocycles. The average molecular weight is 263 g/mol. The highest BCUT2D eigenvalue weighted by Crippen LogP contribution is 2.42. The first-order valence-electron chi connectivity index (χ1n) is 6.55. The van der Waals surface area contributed by atoms with Gasteiger partial charge in [-0.1, -0.05) is 18.6 Å². The number of hydrogen-bond acceptors (Lipinski definition) is 4. The van der Waals surface area contributed by atoms with Gasteiger partial charge in [0.05, 0.1) is 7.11 Å². The molecule has 1 aliphatic rings. The van der Waals surface area contributed by atoms with E-state index >= 15 is 0 Å². The summed E-state index contributed by atoms with van der Waals surface area (Å²) in [5.74, 6) is 2.15. The molecule has 0 fully saturated rings. The summed E-state index contributed by atoms with van der Waals surface area (Å²) in [7, 11) is 1.64. The highest BCUT2D eigenvalue weighted by atomic mass is 16.7. The van der Waals surface area contributed by atoms with Gasteiger partial charge in [-0.15, -0.1) is 0 Å². The minimum Gasteiger partial charge on any atom is -0.493 e. The standard InChI is InChI=1S/C15H21NO3/c1-5-16-11(3)10(2)6-12-7-13(17-4)15-14(8-12)18-9-19-15/h6-8,11,16H,5,9H2,1-4H3/b10-6+. The number of fused-ring (bicyclic) bond motifs is 1. The fraction of sp³-hybridized carbons (Fsp3) is 0.467. The molecule has 0 spiro atoms. The molecule has 0 bridgehead atoms. The summed E-state index contributed by atoms with van der Waals surface area (Å²) in [4.78, 5) is 0. The van der Waals surface area contributed by atoms with E-state index in [2.05, 4.69) is 32.2 Å². The molecule has 1 N–H and O–H groups in total. The number of rotatable bonds is 5. The summed E-state index contributed by atoms with van der Waals surface area (Å²) in [6, 6.07) is 4.30. The van der Waals surface area contributed by atoms with Crippen LogP contribution in [-0.2, 0) is 0 Å². The van der Waals surface area contributed by atoms with Crippen LogP contribution in [0.15, 0.2) is 17.7 Å². The van der Waals surface area contributed by atoms with Crippen molar-refractivity contribution in [1.82, 2.24) is 5.32 Å². The van der Waals surface area contributed by atoms with Crippen LogP contribution in [0.2, 0.25) is 0 Å². The molecule has 4 heteroatoms. The minimum absolute atomic E-state index is 0.256. The third kappa shape index (κ3) is 3.01. The van der Waals surface area contributed by atoms with Crippen molar-refractivity contribution < 1.29 is 14.2 Å². The maximum absolute atomic E-state index is 5.42. The molecular formula is C15H21NO3. The lowest BCUT2D eigenvalue weighted by atomic mass is 10.1. The number of hydrogen-bond donors (Lipinski definition) is 1. The molecule has 0 radical (unpaired) electrons. The first-order chi connectivity index (χ1) is 9.15. The van der Waals surface area contributed by atoms with Crippen LogP contribution in [0.3, 0.4) is 0 Å². The van der Waals surface area contributed by atoms with Crippen LogP contribution in [0.5, 0.6) is 17.2 Å². The second-order valence-corrected chi connectivity index (χ2v) is 4.62. The van der Waals surface area contributed by atoms with Crippen LogP contribution >= 0.6 is 0 Å². The van der Waals surface area contributed by atoms with Crippen molar-refractivity contribution in [3.63, 3.8) is 0 Å². The fourth-order valence-corrected chi connectivity index (χ4v) is 2.09. The van der Waals surface area contributed by atoms with Gasteiger partial charge < -0.3 is 19.5 Å². The summed E-state index contributed by atoms with van der Waals surface area (Å²) < 4.78 is 16.1. The number of likely N-dealkylation sites (N-methyl/N-ethyl adjacent to an activating group) is 1. The van der Waals surface area contributed by atoms with Gasteiger partial charge in [0.15, 0.2) is 11.5 Å². The van der Waals surface area contributed by atoms with E-state index in [1.807, 2.05) is 12.1 Å². The SMILES string of the molecule is CCNC(C)/C(C)=C/c1cc(OC)c2c(c1)OCO2. The van der Waals surface area contributed by atoms with Gasteiger partial charge in [0.2, 0.25) is 12.5 Å². The zero-order valence-corrected chi connectivity index (χ0v) is 11.9. The largest absolute Gasteiger partial charge is 0.493 e. The van der Waals surface area contributed by atoms with Crippen LogP contribution in [0.4, 0.5) is 0 Å². The van der Waals surface area contributed by atoms with Gasteiger partial charge in [-0.25, -0.2) is 0 Å². The quantitative estimate of drug-likeness (QED) is 0.886. The van der Waals surface area contributed by atoms with Gasteiger partial charge in [-0.2, -0.15) is 0 Å². The summed E-state index contributed by atoms with van der Waals surface area (Å²) >= 11 is 0. The van der Waals surface area contributed by atoms with Crippen LogP contribution in [0, 0.1) is 0 Å². The normalized spacial score (nSPS) is 15.5. The monoisotopic (exact) mass is 263 g/mol. The van der Waals surface area contributed by atoms with E-state index < -0.39 is 0 Å². The molecule has 0 aliphatic carbocycles. The molecule has 0 amide bonds. The van der Waals surface area contributed by atoms with E-state index in [0.29, 0.717) is 17.5 Å². The van der Waals surface area contributed by atoms with E-state index in [-0.39, 0.29) is 6.79 Å². The number of nitrogens with one attached hydrogen (secondary N) is 1. The lowest BCUT2D eigenvalue weighted by Gasteiger charge is -2.13. The molecule has 4 nitrogen and oxygen atoms in total. The molecule has 1 aromatic carbocycles. The summed E-state index contributed by atoms with van der Waals surface area (Å²) in [5.41, 5.74) is 2.33. The Morgan fingerprint density at radius 3 is 2.95 bits per heavy atom. The first kappa shape index (κ1) is 13.7. The van der Waals surface area contributed by atoms with Crippen molar-refractivity contribution in [2.45, 2.75) is 26.8 Å². The zero-order chi connectivity index (χ0) is 13.8. The predicted molar refractivity (Wildman–Crippen MR) is 75.9 cm³/mol. The minimum atomic E-state index is 0.256. The van der Waals surface area contributed by atoms with E-state index in [1.165, 1.54) is 5.57 Å². The Kier molecular flexibility index (Phi) is 4.32. The number of ether oxygens (including phenoxy) is 3. The molecule has 0 saturated heterocycles. The molecule has 0 aromatic heterocycles. The van der Waals surface area contributed by atoms with Crippen LogP contribution < -0.4 is 19.5 Å². The zero-order valence-electron chi connectivity index (χ0n) is 11.9. The van der Waals surface area contributed by atoms with Crippen LogP contribution in [0.25, 0.3) is 6.08 Å². The summed E-state index contributed by atoms with van der Waals surface area (Å²) in [6.07, 6.45) is 2.14. The van der Waals surface area contributed by atoms with Gasteiger partial charge in [0.25, 0.3) is 0 Å². The summed E-state index contributed by atoms with van der Waals surface area (Å²) in [5, 5.41) is 3.39. The van der Waals surface area contributed by atoms with Crippen molar-refractivity contribution in [2.24, 2.45) is 0 Å². The van der Waals surface area contributed by atoms with E-state index in [9.17, 15) is 0 Å². The van der Waals surface area contributed by atoms with Crippen LogP contribution in [-0.4, -0.2) is 26.5 Å². The van der Waals surface area contributed by atoms with E-state index in [1.54, 1.807) is 7.11 Å². The molecule has 2 rings (SSSR count). The van der Waals surface area contributed by atoms with Crippen molar-refractivity contribution in [3.8, 4) is 17.2 Å². The maximum Gasteiger partial charge on any atom is 0.231 e. The van der Waals surface area contributed by atoms with Gasteiger partial charge in [0, 0.05) is 6.04 Å². The lowest BCUT2D eigenvalue weighted by Crippen LogP contribution is -2.26. The molecule has 1 unspecified atom stereocenters. The molecule has 1 aromatic rings. The Labute approximate surface area is 114 Å².